The maximum atomic E-state index is 12.4. The molecule has 1 heterocycles. The van der Waals surface area contributed by atoms with E-state index in [0.717, 1.165) is 19.4 Å². The van der Waals surface area contributed by atoms with Crippen LogP contribution in [0, 0.1) is 0 Å². The second kappa shape index (κ2) is 9.01. The normalized spacial score (nSPS) is 16.0. The number of halogens is 1. The van der Waals surface area contributed by atoms with Crippen molar-refractivity contribution >= 4 is 33.5 Å². The van der Waals surface area contributed by atoms with Crippen LogP contribution in [0.1, 0.15) is 33.6 Å². The predicted octanol–water partition coefficient (Wildman–Crippen LogP) is 4.05. The monoisotopic (exact) mass is 433 g/mol. The lowest BCUT2D eigenvalue weighted by Crippen LogP contribution is -2.16. The van der Waals surface area contributed by atoms with Gasteiger partial charge in [-0.15, -0.1) is 0 Å². The number of rotatable bonds is 6. The summed E-state index contributed by atoms with van der Waals surface area (Å²) < 4.78 is 16.7. The number of ether oxygens (including phenoxy) is 3. The molecule has 0 saturated carbocycles. The van der Waals surface area contributed by atoms with Crippen LogP contribution in [0.15, 0.2) is 46.9 Å². The fourth-order valence-electron chi connectivity index (χ4n) is 2.73. The Morgan fingerprint density at radius 2 is 1.93 bits per heavy atom. The zero-order chi connectivity index (χ0) is 19.2. The number of benzene rings is 2. The van der Waals surface area contributed by atoms with Gasteiger partial charge in [0, 0.05) is 17.9 Å². The molecule has 0 spiro atoms. The first-order valence-corrected chi connectivity index (χ1v) is 9.40. The van der Waals surface area contributed by atoms with Crippen molar-refractivity contribution in [1.29, 1.82) is 0 Å². The maximum Gasteiger partial charge on any atom is 0.337 e. The summed E-state index contributed by atoms with van der Waals surface area (Å²) in [5, 5.41) is 2.79. The van der Waals surface area contributed by atoms with Gasteiger partial charge in [-0.2, -0.15) is 0 Å². The number of esters is 1. The first kappa shape index (κ1) is 19.4. The van der Waals surface area contributed by atoms with Gasteiger partial charge in [0.2, 0.25) is 0 Å². The number of nitrogens with one attached hydrogen (secondary N) is 1. The van der Waals surface area contributed by atoms with E-state index >= 15 is 0 Å². The van der Waals surface area contributed by atoms with Crippen LogP contribution < -0.4 is 10.1 Å². The SMILES string of the molecule is COC(=O)c1ccc(NC(=O)c2ccc(OCC3CCCO3)c(Br)c2)cc1. The van der Waals surface area contributed by atoms with E-state index in [1.165, 1.54) is 7.11 Å². The lowest BCUT2D eigenvalue weighted by atomic mass is 10.1. The average Bonchev–Trinajstić information content (AvgIpc) is 3.20. The lowest BCUT2D eigenvalue weighted by molar-refractivity contribution is 0.0600. The zero-order valence-electron chi connectivity index (χ0n) is 14.9. The van der Waals surface area contributed by atoms with Crippen molar-refractivity contribution in [2.45, 2.75) is 18.9 Å². The van der Waals surface area contributed by atoms with Crippen LogP contribution in [0.4, 0.5) is 5.69 Å². The summed E-state index contributed by atoms with van der Waals surface area (Å²) in [7, 11) is 1.32. The molecule has 0 aromatic heterocycles. The van der Waals surface area contributed by atoms with Crippen molar-refractivity contribution in [1.82, 2.24) is 0 Å². The van der Waals surface area contributed by atoms with Crippen LogP contribution in [-0.2, 0) is 9.47 Å². The van der Waals surface area contributed by atoms with E-state index in [9.17, 15) is 9.59 Å². The molecule has 6 nitrogen and oxygen atoms in total. The molecular formula is C20H20BrNO5. The molecule has 1 aliphatic rings. The van der Waals surface area contributed by atoms with E-state index in [1.807, 2.05) is 0 Å². The van der Waals surface area contributed by atoms with Crippen LogP contribution in [0.25, 0.3) is 0 Å². The molecule has 27 heavy (non-hydrogen) atoms. The molecular weight excluding hydrogens is 414 g/mol. The fraction of sp³-hybridized carbons (Fsp3) is 0.300. The van der Waals surface area contributed by atoms with Crippen LogP contribution in [0.5, 0.6) is 5.75 Å². The van der Waals surface area contributed by atoms with E-state index in [-0.39, 0.29) is 12.0 Å². The van der Waals surface area contributed by atoms with E-state index in [2.05, 4.69) is 26.0 Å². The number of carbonyl (C=O) groups excluding carboxylic acids is 2. The third-order valence-electron chi connectivity index (χ3n) is 4.21. The summed E-state index contributed by atoms with van der Waals surface area (Å²) in [5.41, 5.74) is 1.50. The summed E-state index contributed by atoms with van der Waals surface area (Å²) in [4.78, 5) is 23.9. The first-order chi connectivity index (χ1) is 13.1. The fourth-order valence-corrected chi connectivity index (χ4v) is 3.22. The summed E-state index contributed by atoms with van der Waals surface area (Å²) in [6, 6.07) is 11.7. The van der Waals surface area contributed by atoms with Crippen LogP contribution in [0.3, 0.4) is 0 Å². The van der Waals surface area contributed by atoms with Crippen molar-refractivity contribution in [3.8, 4) is 5.75 Å². The highest BCUT2D eigenvalue weighted by atomic mass is 79.9. The highest BCUT2D eigenvalue weighted by Crippen LogP contribution is 2.27. The standard InChI is InChI=1S/C20H20BrNO5/c1-25-20(24)13-4-7-15(8-5-13)22-19(23)14-6-9-18(17(21)11-14)27-12-16-3-2-10-26-16/h4-9,11,16H,2-3,10,12H2,1H3,(H,22,23). The van der Waals surface area contributed by atoms with Crippen LogP contribution in [-0.4, -0.2) is 38.3 Å². The molecule has 3 rings (SSSR count). The molecule has 7 heteroatoms. The number of methoxy groups -OCH3 is 1. The molecule has 1 atom stereocenters. The van der Waals surface area contributed by atoms with Gasteiger partial charge in [-0.05, 0) is 71.2 Å². The molecule has 1 saturated heterocycles. The molecule has 0 aliphatic carbocycles. The topological polar surface area (TPSA) is 73.9 Å². The minimum atomic E-state index is -0.421. The van der Waals surface area contributed by atoms with Gasteiger partial charge in [0.05, 0.1) is 23.2 Å². The van der Waals surface area contributed by atoms with Crippen molar-refractivity contribution in [2.24, 2.45) is 0 Å². The second-order valence-electron chi connectivity index (χ2n) is 6.11. The Labute approximate surface area is 165 Å². The second-order valence-corrected chi connectivity index (χ2v) is 6.97. The van der Waals surface area contributed by atoms with E-state index in [4.69, 9.17) is 9.47 Å². The number of anilines is 1. The van der Waals surface area contributed by atoms with Gasteiger partial charge in [-0.25, -0.2) is 4.79 Å². The van der Waals surface area contributed by atoms with E-state index < -0.39 is 5.97 Å². The Hall–Kier alpha value is -2.38. The Morgan fingerprint density at radius 1 is 1.19 bits per heavy atom. The number of amides is 1. The predicted molar refractivity (Wildman–Crippen MR) is 104 cm³/mol. The quantitative estimate of drug-likeness (QED) is 0.695. The molecule has 142 valence electrons. The molecule has 1 unspecified atom stereocenters. The molecule has 2 aromatic rings. The van der Waals surface area contributed by atoms with Crippen LogP contribution in [0.2, 0.25) is 0 Å². The van der Waals surface area contributed by atoms with Gasteiger partial charge < -0.3 is 19.5 Å². The van der Waals surface area contributed by atoms with Gasteiger partial charge in [0.15, 0.2) is 0 Å². The molecule has 1 amide bonds. The summed E-state index contributed by atoms with van der Waals surface area (Å²) in [6.45, 7) is 1.28. The first-order valence-electron chi connectivity index (χ1n) is 8.60. The Balaban J connectivity index is 1.60. The van der Waals surface area contributed by atoms with Gasteiger partial charge in [0.1, 0.15) is 12.4 Å². The highest BCUT2D eigenvalue weighted by molar-refractivity contribution is 9.10. The Kier molecular flexibility index (Phi) is 6.47. The molecule has 2 aromatic carbocycles. The largest absolute Gasteiger partial charge is 0.490 e. The molecule has 1 fully saturated rings. The lowest BCUT2D eigenvalue weighted by Gasteiger charge is -2.13. The van der Waals surface area contributed by atoms with Gasteiger partial charge >= 0.3 is 5.97 Å². The highest BCUT2D eigenvalue weighted by Gasteiger charge is 2.17. The molecule has 0 bridgehead atoms. The summed E-state index contributed by atoms with van der Waals surface area (Å²) in [6.07, 6.45) is 2.20. The van der Waals surface area contributed by atoms with Gasteiger partial charge in [-0.3, -0.25) is 4.79 Å². The number of hydrogen-bond donors (Lipinski definition) is 1. The smallest absolute Gasteiger partial charge is 0.337 e. The van der Waals surface area contributed by atoms with Gasteiger partial charge in [-0.1, -0.05) is 0 Å². The van der Waals surface area contributed by atoms with Crippen molar-refractivity contribution < 1.29 is 23.8 Å². The molecule has 1 aliphatic heterocycles. The summed E-state index contributed by atoms with van der Waals surface area (Å²) >= 11 is 3.45. The maximum absolute atomic E-state index is 12.4. The van der Waals surface area contributed by atoms with Crippen LogP contribution >= 0.6 is 15.9 Å². The third-order valence-corrected chi connectivity index (χ3v) is 4.83. The van der Waals surface area contributed by atoms with E-state index in [1.54, 1.807) is 42.5 Å². The minimum Gasteiger partial charge on any atom is -0.490 e. The zero-order valence-corrected chi connectivity index (χ0v) is 16.5. The van der Waals surface area contributed by atoms with Crippen molar-refractivity contribution in [3.05, 3.63) is 58.1 Å². The van der Waals surface area contributed by atoms with E-state index in [0.29, 0.717) is 33.6 Å². The minimum absolute atomic E-state index is 0.132. The van der Waals surface area contributed by atoms with Crippen molar-refractivity contribution in [2.75, 3.05) is 25.6 Å². The number of carbonyl (C=O) groups is 2. The Morgan fingerprint density at radius 3 is 2.56 bits per heavy atom. The summed E-state index contributed by atoms with van der Waals surface area (Å²) in [5.74, 6) is -0.00734. The molecule has 0 radical (unpaired) electrons. The third kappa shape index (κ3) is 5.08. The van der Waals surface area contributed by atoms with Crippen molar-refractivity contribution in [3.63, 3.8) is 0 Å². The van der Waals surface area contributed by atoms with Gasteiger partial charge in [0.25, 0.3) is 5.91 Å². The Bertz CT molecular complexity index is 816. The molecule has 1 N–H and O–H groups in total. The number of hydrogen-bond acceptors (Lipinski definition) is 5. The average molecular weight is 434 g/mol.